The van der Waals surface area contributed by atoms with Gasteiger partial charge in [-0.25, -0.2) is 4.68 Å². The topological polar surface area (TPSA) is 81.4 Å². The highest BCUT2D eigenvalue weighted by Gasteiger charge is 2.14. The summed E-state index contributed by atoms with van der Waals surface area (Å²) >= 11 is 5.85. The average molecular weight is 413 g/mol. The zero-order valence-corrected chi connectivity index (χ0v) is 16.8. The van der Waals surface area contributed by atoms with E-state index in [0.717, 1.165) is 0 Å². The molecule has 0 atom stereocenters. The highest BCUT2D eigenvalue weighted by Crippen LogP contribution is 2.16. The maximum absolute atomic E-state index is 12.8. The summed E-state index contributed by atoms with van der Waals surface area (Å²) in [4.78, 5) is 29.4. The van der Waals surface area contributed by atoms with Crippen molar-refractivity contribution in [2.24, 2.45) is 4.99 Å². The first-order chi connectivity index (χ1) is 13.9. The van der Waals surface area contributed by atoms with Crippen LogP contribution in [0.4, 0.5) is 0 Å². The minimum atomic E-state index is -0.240. The molecule has 2 heterocycles. The van der Waals surface area contributed by atoms with E-state index in [1.807, 2.05) is 0 Å². The van der Waals surface area contributed by atoms with Gasteiger partial charge in [0.05, 0.1) is 29.7 Å². The van der Waals surface area contributed by atoms with Crippen LogP contribution in [0.1, 0.15) is 5.69 Å². The molecule has 0 unspecified atom stereocenters. The van der Waals surface area contributed by atoms with Crippen molar-refractivity contribution in [3.05, 3.63) is 86.7 Å². The van der Waals surface area contributed by atoms with Gasteiger partial charge in [0.15, 0.2) is 0 Å². The van der Waals surface area contributed by atoms with Crippen LogP contribution in [0.15, 0.2) is 69.8 Å². The fourth-order valence-electron chi connectivity index (χ4n) is 2.98. The van der Waals surface area contributed by atoms with Crippen molar-refractivity contribution in [1.29, 1.82) is 0 Å². The van der Waals surface area contributed by atoms with Crippen LogP contribution in [0.5, 0.6) is 5.75 Å². The lowest BCUT2D eigenvalue weighted by Gasteiger charge is -2.09. The Hall–Kier alpha value is -3.32. The van der Waals surface area contributed by atoms with Crippen LogP contribution < -0.4 is 15.9 Å². The van der Waals surface area contributed by atoms with Gasteiger partial charge in [-0.3, -0.25) is 19.7 Å². The Morgan fingerprint density at radius 1 is 1.31 bits per heavy atom. The van der Waals surface area contributed by atoms with E-state index < -0.39 is 0 Å². The molecule has 0 aliphatic carbocycles. The van der Waals surface area contributed by atoms with Crippen LogP contribution in [-0.2, 0) is 13.1 Å². The number of aromatic nitrogens is 3. The third kappa shape index (κ3) is 4.57. The molecule has 8 heteroatoms. The molecule has 0 bridgehead atoms. The zero-order chi connectivity index (χ0) is 21.0. The molecule has 0 fully saturated rings. The molecular weight excluding hydrogens is 392 g/mol. The summed E-state index contributed by atoms with van der Waals surface area (Å²) in [5, 5.41) is 4.06. The van der Waals surface area contributed by atoms with Gasteiger partial charge in [0.2, 0.25) is 0 Å². The number of aryl methyl sites for hydroxylation is 1. The van der Waals surface area contributed by atoms with Gasteiger partial charge in [-0.05, 0) is 31.2 Å². The van der Waals surface area contributed by atoms with E-state index in [9.17, 15) is 9.59 Å². The fourth-order valence-corrected chi connectivity index (χ4v) is 3.10. The van der Waals surface area contributed by atoms with Crippen LogP contribution in [-0.4, -0.2) is 27.2 Å². The van der Waals surface area contributed by atoms with Gasteiger partial charge in [0, 0.05) is 23.0 Å². The largest absolute Gasteiger partial charge is 0.492 e. The number of rotatable bonds is 8. The second kappa shape index (κ2) is 8.79. The van der Waals surface area contributed by atoms with Crippen LogP contribution in [0, 0.1) is 6.92 Å². The Bertz CT molecular complexity index is 1200. The number of aliphatic imine (C=N–C) groups is 1. The van der Waals surface area contributed by atoms with E-state index in [1.165, 1.54) is 27.6 Å². The second-order valence-corrected chi connectivity index (χ2v) is 6.83. The van der Waals surface area contributed by atoms with Gasteiger partial charge in [0.25, 0.3) is 11.1 Å². The molecule has 0 aliphatic rings. The Labute approximate surface area is 172 Å². The molecule has 1 N–H and O–H groups in total. The van der Waals surface area contributed by atoms with Gasteiger partial charge in [0.1, 0.15) is 12.4 Å². The number of aromatic amines is 1. The van der Waals surface area contributed by atoms with Gasteiger partial charge >= 0.3 is 0 Å². The summed E-state index contributed by atoms with van der Waals surface area (Å²) in [6.45, 7) is 9.90. The van der Waals surface area contributed by atoms with Gasteiger partial charge < -0.3 is 9.30 Å². The molecule has 29 heavy (non-hydrogen) atoms. The second-order valence-electron chi connectivity index (χ2n) is 6.39. The van der Waals surface area contributed by atoms with E-state index >= 15 is 0 Å². The van der Waals surface area contributed by atoms with Crippen molar-refractivity contribution in [3.63, 3.8) is 0 Å². The van der Waals surface area contributed by atoms with E-state index in [-0.39, 0.29) is 24.3 Å². The minimum absolute atomic E-state index is 0.190. The molecule has 1 aromatic carbocycles. The third-order valence-corrected chi connectivity index (χ3v) is 4.64. The molecule has 0 spiro atoms. The van der Waals surface area contributed by atoms with Crippen molar-refractivity contribution in [2.45, 2.75) is 20.0 Å². The summed E-state index contributed by atoms with van der Waals surface area (Å²) in [5.41, 5.74) is 1.07. The molecule has 0 saturated carbocycles. The molecule has 7 nitrogen and oxygen atoms in total. The Balaban J connectivity index is 1.84. The predicted octanol–water partition coefficient (Wildman–Crippen LogP) is 3.30. The Kier molecular flexibility index (Phi) is 6.19. The first-order valence-electron chi connectivity index (χ1n) is 8.95. The van der Waals surface area contributed by atoms with Gasteiger partial charge in [-0.15, -0.1) is 0 Å². The Morgan fingerprint density at radius 2 is 2.03 bits per heavy atom. The number of fused-ring (bicyclic) bond motifs is 1. The first kappa shape index (κ1) is 20.4. The van der Waals surface area contributed by atoms with Crippen LogP contribution in [0.3, 0.4) is 0 Å². The molecule has 0 saturated heterocycles. The summed E-state index contributed by atoms with van der Waals surface area (Å²) in [7, 11) is 0. The van der Waals surface area contributed by atoms with Crippen LogP contribution in [0.25, 0.3) is 10.9 Å². The summed E-state index contributed by atoms with van der Waals surface area (Å²) in [6, 6.07) is 8.39. The van der Waals surface area contributed by atoms with E-state index in [0.29, 0.717) is 39.6 Å². The lowest BCUT2D eigenvalue weighted by Crippen LogP contribution is -2.24. The molecule has 150 valence electrons. The smallest absolute Gasteiger partial charge is 0.276 e. The lowest BCUT2D eigenvalue weighted by atomic mass is 10.2. The number of H-pyrrole nitrogens is 1. The number of hydrogen-bond acceptors (Lipinski definition) is 4. The number of ether oxygens (including phenoxy) is 1. The average Bonchev–Trinajstić information content (AvgIpc) is 3.00. The number of benzene rings is 1. The predicted molar refractivity (Wildman–Crippen MR) is 116 cm³/mol. The monoisotopic (exact) mass is 412 g/mol. The number of halogens is 1. The van der Waals surface area contributed by atoms with Crippen molar-refractivity contribution in [2.75, 3.05) is 6.61 Å². The highest BCUT2D eigenvalue weighted by molar-refractivity contribution is 6.30. The molecule has 0 radical (unpaired) electrons. The SMILES string of the molecule is C=CC=NC(=C)Cn1c(C)c2c(=O)n(CCOc3ccc(Cl)cc3)[nH]c2cc1=O. The first-order valence-corrected chi connectivity index (χ1v) is 9.32. The van der Waals surface area contributed by atoms with Crippen molar-refractivity contribution in [1.82, 2.24) is 14.3 Å². The standard InChI is InChI=1S/C21H21ClN4O3/c1-4-9-23-14(2)13-25-15(3)20-18(12-19(25)27)24-26(21(20)28)10-11-29-17-7-5-16(22)6-8-17/h4-9,12,24H,1-2,10-11,13H2,3H3. The molecular formula is C21H21ClN4O3. The zero-order valence-electron chi connectivity index (χ0n) is 16.0. The lowest BCUT2D eigenvalue weighted by molar-refractivity contribution is 0.290. The van der Waals surface area contributed by atoms with Crippen LogP contribution in [0.2, 0.25) is 5.02 Å². The van der Waals surface area contributed by atoms with Gasteiger partial charge in [-0.1, -0.05) is 30.8 Å². The molecule has 0 aliphatic heterocycles. The van der Waals surface area contributed by atoms with Crippen molar-refractivity contribution >= 4 is 28.7 Å². The van der Waals surface area contributed by atoms with E-state index in [1.54, 1.807) is 31.2 Å². The number of hydrogen-bond donors (Lipinski definition) is 1. The number of nitrogens with zero attached hydrogens (tertiary/aromatic N) is 3. The summed E-state index contributed by atoms with van der Waals surface area (Å²) in [5.74, 6) is 0.660. The van der Waals surface area contributed by atoms with E-state index in [4.69, 9.17) is 16.3 Å². The van der Waals surface area contributed by atoms with Crippen molar-refractivity contribution < 1.29 is 4.74 Å². The van der Waals surface area contributed by atoms with E-state index in [2.05, 4.69) is 23.2 Å². The van der Waals surface area contributed by atoms with Crippen LogP contribution >= 0.6 is 11.6 Å². The minimum Gasteiger partial charge on any atom is -0.492 e. The molecule has 2 aromatic heterocycles. The number of pyridine rings is 1. The van der Waals surface area contributed by atoms with Gasteiger partial charge in [-0.2, -0.15) is 0 Å². The molecule has 3 aromatic rings. The number of allylic oxidation sites excluding steroid dienone is 2. The summed E-state index contributed by atoms with van der Waals surface area (Å²) < 4.78 is 8.56. The maximum atomic E-state index is 12.8. The van der Waals surface area contributed by atoms with Crippen molar-refractivity contribution in [3.8, 4) is 5.75 Å². The summed E-state index contributed by atoms with van der Waals surface area (Å²) in [6.07, 6.45) is 3.03. The fraction of sp³-hybridized carbons (Fsp3) is 0.190. The molecule has 0 amide bonds. The normalized spacial score (nSPS) is 11.2. The Morgan fingerprint density at radius 3 is 2.72 bits per heavy atom. The number of nitrogens with one attached hydrogen (secondary N) is 1. The third-order valence-electron chi connectivity index (χ3n) is 4.38. The maximum Gasteiger partial charge on any atom is 0.276 e. The highest BCUT2D eigenvalue weighted by atomic mass is 35.5. The quantitative estimate of drug-likeness (QED) is 0.576. The molecule has 3 rings (SSSR count).